The zero-order valence-corrected chi connectivity index (χ0v) is 14.3. The molecule has 0 radical (unpaired) electrons. The highest BCUT2D eigenvalue weighted by molar-refractivity contribution is 5.98. The van der Waals surface area contributed by atoms with Crippen LogP contribution in [-0.2, 0) is 16.0 Å². The molecule has 0 fully saturated rings. The van der Waals surface area contributed by atoms with Gasteiger partial charge in [-0.25, -0.2) is 9.18 Å². The van der Waals surface area contributed by atoms with Crippen molar-refractivity contribution in [1.82, 2.24) is 5.32 Å². The molecule has 0 aromatic heterocycles. The molecule has 8 heteroatoms. The number of ether oxygens (including phenoxy) is 1. The van der Waals surface area contributed by atoms with E-state index in [1.807, 2.05) is 0 Å². The largest absolute Gasteiger partial charge is 0.464 e. The number of rotatable bonds is 6. The van der Waals surface area contributed by atoms with Gasteiger partial charge in [-0.05, 0) is 36.8 Å². The van der Waals surface area contributed by atoms with Gasteiger partial charge >= 0.3 is 12.1 Å². The Labute approximate surface area is 153 Å². The average molecular weight is 383 g/mol. The van der Waals surface area contributed by atoms with E-state index < -0.39 is 35.8 Å². The maximum Gasteiger partial charge on any atom is 0.422 e. The van der Waals surface area contributed by atoms with Crippen LogP contribution in [0, 0.1) is 5.82 Å². The van der Waals surface area contributed by atoms with E-state index in [4.69, 9.17) is 0 Å². The fourth-order valence-corrected chi connectivity index (χ4v) is 2.48. The fraction of sp³-hybridized carbons (Fsp3) is 0.263. The second-order valence-corrected chi connectivity index (χ2v) is 5.75. The van der Waals surface area contributed by atoms with Crippen LogP contribution in [0.25, 0.3) is 0 Å². The molecular formula is C19H17F4NO3. The summed E-state index contributed by atoms with van der Waals surface area (Å²) in [4.78, 5) is 24.7. The first-order valence-corrected chi connectivity index (χ1v) is 8.05. The number of carbonyl (C=O) groups excluding carboxylic acids is 2. The lowest BCUT2D eigenvalue weighted by Gasteiger charge is -2.34. The van der Waals surface area contributed by atoms with Gasteiger partial charge in [0, 0.05) is 12.0 Å². The van der Waals surface area contributed by atoms with E-state index in [0.717, 1.165) is 24.3 Å². The van der Waals surface area contributed by atoms with Crippen LogP contribution in [0.4, 0.5) is 17.6 Å². The summed E-state index contributed by atoms with van der Waals surface area (Å²) in [5.41, 5.74) is -3.32. The van der Waals surface area contributed by atoms with Crippen LogP contribution < -0.4 is 5.32 Å². The first-order chi connectivity index (χ1) is 12.7. The molecule has 0 aliphatic heterocycles. The van der Waals surface area contributed by atoms with Gasteiger partial charge in [-0.2, -0.15) is 13.2 Å². The van der Waals surface area contributed by atoms with E-state index in [1.165, 1.54) is 31.2 Å². The smallest absolute Gasteiger partial charge is 0.422 e. The van der Waals surface area contributed by atoms with Crippen LogP contribution >= 0.6 is 0 Å². The van der Waals surface area contributed by atoms with E-state index in [2.05, 4.69) is 4.74 Å². The Morgan fingerprint density at radius 1 is 1.00 bits per heavy atom. The molecule has 1 N–H and O–H groups in total. The van der Waals surface area contributed by atoms with Crippen molar-refractivity contribution in [2.75, 3.05) is 6.61 Å². The Morgan fingerprint density at radius 3 is 2.11 bits per heavy atom. The monoisotopic (exact) mass is 383 g/mol. The van der Waals surface area contributed by atoms with Crippen molar-refractivity contribution in [2.24, 2.45) is 0 Å². The highest BCUT2D eigenvalue weighted by Gasteiger charge is 2.62. The molecule has 0 aliphatic rings. The highest BCUT2D eigenvalue weighted by atomic mass is 19.4. The summed E-state index contributed by atoms with van der Waals surface area (Å²) in [6.45, 7) is 1.07. The van der Waals surface area contributed by atoms with Gasteiger partial charge in [-0.15, -0.1) is 0 Å². The molecule has 1 atom stereocenters. The highest BCUT2D eigenvalue weighted by Crippen LogP contribution is 2.35. The number of hydrogen-bond acceptors (Lipinski definition) is 3. The van der Waals surface area contributed by atoms with Gasteiger partial charge in [0.15, 0.2) is 0 Å². The lowest BCUT2D eigenvalue weighted by atomic mass is 9.89. The molecule has 1 unspecified atom stereocenters. The molecule has 2 rings (SSSR count). The minimum absolute atomic E-state index is 0.183. The lowest BCUT2D eigenvalue weighted by Crippen LogP contribution is -2.66. The molecule has 2 aromatic rings. The third kappa shape index (κ3) is 4.64. The van der Waals surface area contributed by atoms with E-state index in [1.54, 1.807) is 11.4 Å². The number of esters is 1. The topological polar surface area (TPSA) is 55.4 Å². The number of benzene rings is 2. The standard InChI is InChI=1S/C19H17F4NO3/c1-2-27-17(26)18(19(21,22)23,12-13-6-4-3-5-7-13)24-16(25)14-8-10-15(20)11-9-14/h3-11H,2,12H2,1H3,(H,24,25). The third-order valence-electron chi connectivity index (χ3n) is 3.85. The number of hydrogen-bond donors (Lipinski definition) is 1. The van der Waals surface area contributed by atoms with Gasteiger partial charge < -0.3 is 10.1 Å². The first kappa shape index (κ1) is 20.4. The Balaban J connectivity index is 2.47. The lowest BCUT2D eigenvalue weighted by molar-refractivity contribution is -0.211. The van der Waals surface area contributed by atoms with Crippen LogP contribution in [0.5, 0.6) is 0 Å². The van der Waals surface area contributed by atoms with E-state index >= 15 is 0 Å². The zero-order chi connectivity index (χ0) is 20.1. The quantitative estimate of drug-likeness (QED) is 0.612. The van der Waals surface area contributed by atoms with E-state index in [9.17, 15) is 27.2 Å². The molecule has 0 bridgehead atoms. The van der Waals surface area contributed by atoms with Crippen molar-refractivity contribution < 1.29 is 31.9 Å². The number of carbonyl (C=O) groups is 2. The normalized spacial score (nSPS) is 13.5. The molecule has 144 valence electrons. The summed E-state index contributed by atoms with van der Waals surface area (Å²) >= 11 is 0. The number of halogens is 4. The fourth-order valence-electron chi connectivity index (χ4n) is 2.48. The summed E-state index contributed by atoms with van der Waals surface area (Å²) in [5, 5.41) is 1.78. The van der Waals surface area contributed by atoms with Crippen molar-refractivity contribution in [3.8, 4) is 0 Å². The van der Waals surface area contributed by atoms with Gasteiger partial charge in [0.05, 0.1) is 6.61 Å². The van der Waals surface area contributed by atoms with Crippen LogP contribution in [0.2, 0.25) is 0 Å². The summed E-state index contributed by atoms with van der Waals surface area (Å²) in [6.07, 6.45) is -5.98. The SMILES string of the molecule is CCOC(=O)C(Cc1ccccc1)(NC(=O)c1ccc(F)cc1)C(F)(F)F. The first-order valence-electron chi connectivity index (χ1n) is 8.05. The molecular weight excluding hydrogens is 366 g/mol. The molecule has 0 heterocycles. The van der Waals surface area contributed by atoms with E-state index in [0.29, 0.717) is 0 Å². The minimum atomic E-state index is -5.13. The van der Waals surface area contributed by atoms with Crippen LogP contribution in [0.15, 0.2) is 54.6 Å². The van der Waals surface area contributed by atoms with Crippen LogP contribution in [0.1, 0.15) is 22.8 Å². The van der Waals surface area contributed by atoms with Crippen molar-refractivity contribution >= 4 is 11.9 Å². The molecule has 0 saturated carbocycles. The molecule has 0 spiro atoms. The maximum absolute atomic E-state index is 14.0. The Kier molecular flexibility index (Phi) is 6.20. The molecule has 4 nitrogen and oxygen atoms in total. The summed E-state index contributed by atoms with van der Waals surface area (Å²) in [7, 11) is 0. The van der Waals surface area contributed by atoms with Gasteiger partial charge in [-0.3, -0.25) is 4.79 Å². The number of nitrogens with one attached hydrogen (secondary N) is 1. The number of alkyl halides is 3. The van der Waals surface area contributed by atoms with Gasteiger partial charge in [-0.1, -0.05) is 30.3 Å². The second-order valence-electron chi connectivity index (χ2n) is 5.75. The molecule has 0 saturated heterocycles. The van der Waals surface area contributed by atoms with Gasteiger partial charge in [0.25, 0.3) is 5.91 Å². The molecule has 27 heavy (non-hydrogen) atoms. The van der Waals surface area contributed by atoms with Crippen molar-refractivity contribution in [2.45, 2.75) is 25.1 Å². The van der Waals surface area contributed by atoms with Gasteiger partial charge in [0.2, 0.25) is 5.54 Å². The summed E-state index contributed by atoms with van der Waals surface area (Å²) < 4.78 is 59.6. The predicted molar refractivity (Wildman–Crippen MR) is 89.4 cm³/mol. The van der Waals surface area contributed by atoms with Crippen molar-refractivity contribution in [3.05, 3.63) is 71.5 Å². The average Bonchev–Trinajstić information content (AvgIpc) is 2.61. The molecule has 1 amide bonds. The maximum atomic E-state index is 14.0. The van der Waals surface area contributed by atoms with Gasteiger partial charge in [0.1, 0.15) is 5.82 Å². The molecule has 0 aliphatic carbocycles. The minimum Gasteiger partial charge on any atom is -0.464 e. The van der Waals surface area contributed by atoms with Crippen molar-refractivity contribution in [1.29, 1.82) is 0 Å². The Hall–Kier alpha value is -2.90. The number of amides is 1. The predicted octanol–water partition coefficient (Wildman–Crippen LogP) is 3.66. The van der Waals surface area contributed by atoms with Crippen molar-refractivity contribution in [3.63, 3.8) is 0 Å². The third-order valence-corrected chi connectivity index (χ3v) is 3.85. The van der Waals surface area contributed by atoms with Crippen LogP contribution in [-0.4, -0.2) is 30.2 Å². The summed E-state index contributed by atoms with van der Waals surface area (Å²) in [6, 6.07) is 11.4. The Bertz CT molecular complexity index is 791. The van der Waals surface area contributed by atoms with Crippen LogP contribution in [0.3, 0.4) is 0 Å². The second kappa shape index (κ2) is 8.20. The Morgan fingerprint density at radius 2 is 1.59 bits per heavy atom. The summed E-state index contributed by atoms with van der Waals surface area (Å²) in [5.74, 6) is -3.43. The molecule has 2 aromatic carbocycles. The van der Waals surface area contributed by atoms with E-state index in [-0.39, 0.29) is 17.7 Å². The zero-order valence-electron chi connectivity index (χ0n) is 14.3.